The van der Waals surface area contributed by atoms with Crippen LogP contribution in [0.25, 0.3) is 0 Å². The number of hydrogen-bond acceptors (Lipinski definition) is 4. The second-order valence-electron chi connectivity index (χ2n) is 4.32. The van der Waals surface area contributed by atoms with Gasteiger partial charge >= 0.3 is 0 Å². The van der Waals surface area contributed by atoms with Crippen LogP contribution in [0.4, 0.5) is 5.00 Å². The number of hydrogen-bond donors (Lipinski definition) is 2. The monoisotopic (exact) mass is 320 g/mol. The number of benzene rings is 1. The number of rotatable bonds is 5. The highest BCUT2D eigenvalue weighted by atomic mass is 32.2. The van der Waals surface area contributed by atoms with Gasteiger partial charge in [0.2, 0.25) is 5.91 Å². The molecule has 0 radical (unpaired) electrons. The maximum Gasteiger partial charge on any atom is 0.254 e. The van der Waals surface area contributed by atoms with E-state index in [1.807, 2.05) is 30.5 Å². The first-order valence-electron chi connectivity index (χ1n) is 6.36. The van der Waals surface area contributed by atoms with Gasteiger partial charge in [0.05, 0.1) is 12.0 Å². The Morgan fingerprint density at radius 2 is 1.90 bits per heavy atom. The summed E-state index contributed by atoms with van der Waals surface area (Å²) < 4.78 is 0. The fourth-order valence-electron chi connectivity index (χ4n) is 1.82. The first-order chi connectivity index (χ1) is 10.1. The van der Waals surface area contributed by atoms with Crippen molar-refractivity contribution in [3.63, 3.8) is 0 Å². The molecule has 1 heterocycles. The van der Waals surface area contributed by atoms with Crippen molar-refractivity contribution in [3.05, 3.63) is 46.8 Å². The van der Waals surface area contributed by atoms with Gasteiger partial charge in [0.15, 0.2) is 0 Å². The molecule has 0 saturated heterocycles. The average Bonchev–Trinajstić information content (AvgIpc) is 2.95. The molecule has 0 unspecified atom stereocenters. The Morgan fingerprint density at radius 1 is 1.19 bits per heavy atom. The van der Waals surface area contributed by atoms with Crippen LogP contribution in [0.1, 0.15) is 15.9 Å². The van der Waals surface area contributed by atoms with Crippen LogP contribution in [0.2, 0.25) is 0 Å². The molecule has 0 aliphatic rings. The van der Waals surface area contributed by atoms with Gasteiger partial charge in [0.25, 0.3) is 5.91 Å². The van der Waals surface area contributed by atoms with Crippen molar-refractivity contribution in [1.29, 1.82) is 0 Å². The van der Waals surface area contributed by atoms with Crippen LogP contribution in [0, 0.1) is 0 Å². The van der Waals surface area contributed by atoms with Crippen molar-refractivity contribution in [2.75, 3.05) is 18.6 Å². The number of carbonyl (C=O) groups is 2. The summed E-state index contributed by atoms with van der Waals surface area (Å²) in [6.07, 6.45) is 2.30. The fourth-order valence-corrected chi connectivity index (χ4v) is 3.03. The largest absolute Gasteiger partial charge is 0.355 e. The Kier molecular flexibility index (Phi) is 5.41. The summed E-state index contributed by atoms with van der Waals surface area (Å²) in [5.41, 5.74) is 1.44. The summed E-state index contributed by atoms with van der Waals surface area (Å²) in [5, 5.41) is 7.72. The maximum atomic E-state index is 12.1. The SMILES string of the molecule is CNC(=O)c1ccsc1NC(=O)Cc1ccc(SC)cc1. The lowest BCUT2D eigenvalue weighted by molar-refractivity contribution is -0.115. The second kappa shape index (κ2) is 7.28. The summed E-state index contributed by atoms with van der Waals surface area (Å²) >= 11 is 3.01. The smallest absolute Gasteiger partial charge is 0.254 e. The molecule has 6 heteroatoms. The number of amides is 2. The molecule has 1 aromatic carbocycles. The van der Waals surface area contributed by atoms with Gasteiger partial charge in [0.1, 0.15) is 5.00 Å². The minimum atomic E-state index is -0.198. The Morgan fingerprint density at radius 3 is 2.52 bits per heavy atom. The van der Waals surface area contributed by atoms with Gasteiger partial charge in [-0.1, -0.05) is 12.1 Å². The number of thioether (sulfide) groups is 1. The summed E-state index contributed by atoms with van der Waals surface area (Å²) in [5.74, 6) is -0.324. The van der Waals surface area contributed by atoms with E-state index < -0.39 is 0 Å². The van der Waals surface area contributed by atoms with Crippen LogP contribution in [0.5, 0.6) is 0 Å². The molecule has 0 bridgehead atoms. The Bertz CT molecular complexity index is 635. The van der Waals surface area contributed by atoms with Crippen molar-refractivity contribution in [2.24, 2.45) is 0 Å². The highest BCUT2D eigenvalue weighted by Gasteiger charge is 2.14. The molecule has 2 amide bonds. The van der Waals surface area contributed by atoms with Gasteiger partial charge < -0.3 is 10.6 Å². The second-order valence-corrected chi connectivity index (χ2v) is 6.11. The van der Waals surface area contributed by atoms with Gasteiger partial charge in [-0.3, -0.25) is 9.59 Å². The lowest BCUT2D eigenvalue weighted by Gasteiger charge is -2.06. The highest BCUT2D eigenvalue weighted by Crippen LogP contribution is 2.23. The lowest BCUT2D eigenvalue weighted by Crippen LogP contribution is -2.20. The van der Waals surface area contributed by atoms with Crippen LogP contribution in [-0.2, 0) is 11.2 Å². The van der Waals surface area contributed by atoms with Gasteiger partial charge in [-0.15, -0.1) is 23.1 Å². The van der Waals surface area contributed by atoms with E-state index in [0.29, 0.717) is 17.0 Å². The predicted octanol–water partition coefficient (Wildman–Crippen LogP) is 3.01. The summed E-state index contributed by atoms with van der Waals surface area (Å²) in [6.45, 7) is 0. The van der Waals surface area contributed by atoms with Crippen molar-refractivity contribution in [2.45, 2.75) is 11.3 Å². The predicted molar refractivity (Wildman–Crippen MR) is 88.3 cm³/mol. The summed E-state index contributed by atoms with van der Waals surface area (Å²) in [4.78, 5) is 24.9. The van der Waals surface area contributed by atoms with E-state index >= 15 is 0 Å². The standard InChI is InChI=1S/C15H16N2O2S2/c1-16-14(19)12-7-8-21-15(12)17-13(18)9-10-3-5-11(20-2)6-4-10/h3-8H,9H2,1-2H3,(H,16,19)(H,17,18). The van der Waals surface area contributed by atoms with E-state index in [1.165, 1.54) is 16.2 Å². The third-order valence-electron chi connectivity index (χ3n) is 2.91. The van der Waals surface area contributed by atoms with E-state index in [2.05, 4.69) is 10.6 Å². The number of carbonyl (C=O) groups excluding carboxylic acids is 2. The maximum absolute atomic E-state index is 12.1. The van der Waals surface area contributed by atoms with Crippen LogP contribution in [0.15, 0.2) is 40.6 Å². The summed E-state index contributed by atoms with van der Waals surface area (Å²) in [7, 11) is 1.57. The molecular formula is C15H16N2O2S2. The lowest BCUT2D eigenvalue weighted by atomic mass is 10.1. The van der Waals surface area contributed by atoms with Crippen LogP contribution >= 0.6 is 23.1 Å². The van der Waals surface area contributed by atoms with E-state index in [1.54, 1.807) is 30.3 Å². The fraction of sp³-hybridized carbons (Fsp3) is 0.200. The normalized spacial score (nSPS) is 10.2. The molecule has 0 spiro atoms. The van der Waals surface area contributed by atoms with Crippen LogP contribution < -0.4 is 10.6 Å². The highest BCUT2D eigenvalue weighted by molar-refractivity contribution is 7.98. The number of anilines is 1. The van der Waals surface area contributed by atoms with E-state index in [-0.39, 0.29) is 11.8 Å². The van der Waals surface area contributed by atoms with Crippen molar-refractivity contribution in [1.82, 2.24) is 5.32 Å². The number of nitrogens with one attached hydrogen (secondary N) is 2. The van der Waals surface area contributed by atoms with E-state index in [9.17, 15) is 9.59 Å². The molecule has 21 heavy (non-hydrogen) atoms. The zero-order chi connectivity index (χ0) is 15.2. The van der Waals surface area contributed by atoms with Crippen molar-refractivity contribution < 1.29 is 9.59 Å². The van der Waals surface area contributed by atoms with Crippen LogP contribution in [-0.4, -0.2) is 25.1 Å². The first kappa shape index (κ1) is 15.6. The zero-order valence-electron chi connectivity index (χ0n) is 11.8. The first-order valence-corrected chi connectivity index (χ1v) is 8.47. The van der Waals surface area contributed by atoms with Crippen molar-refractivity contribution in [3.8, 4) is 0 Å². The molecule has 4 nitrogen and oxygen atoms in total. The molecule has 0 fully saturated rings. The molecule has 2 aromatic rings. The van der Waals surface area contributed by atoms with Gasteiger partial charge in [-0.2, -0.15) is 0 Å². The Labute approximate surface area is 131 Å². The third kappa shape index (κ3) is 4.09. The molecule has 0 atom stereocenters. The average molecular weight is 320 g/mol. The summed E-state index contributed by atoms with van der Waals surface area (Å²) in [6, 6.07) is 9.58. The zero-order valence-corrected chi connectivity index (χ0v) is 13.4. The van der Waals surface area contributed by atoms with Gasteiger partial charge in [-0.25, -0.2) is 0 Å². The van der Waals surface area contributed by atoms with Crippen molar-refractivity contribution >= 4 is 39.9 Å². The quantitative estimate of drug-likeness (QED) is 0.833. The van der Waals surface area contributed by atoms with Crippen LogP contribution in [0.3, 0.4) is 0 Å². The molecule has 0 aliphatic carbocycles. The van der Waals surface area contributed by atoms with Gasteiger partial charge in [-0.05, 0) is 35.4 Å². The Balaban J connectivity index is 2.01. The number of thiophene rings is 1. The molecule has 2 N–H and O–H groups in total. The topological polar surface area (TPSA) is 58.2 Å². The Hall–Kier alpha value is -1.79. The van der Waals surface area contributed by atoms with Gasteiger partial charge in [0, 0.05) is 11.9 Å². The molecule has 0 saturated carbocycles. The van der Waals surface area contributed by atoms with E-state index in [4.69, 9.17) is 0 Å². The molecular weight excluding hydrogens is 304 g/mol. The molecule has 0 aliphatic heterocycles. The molecule has 2 rings (SSSR count). The minimum absolute atomic E-state index is 0.125. The van der Waals surface area contributed by atoms with E-state index in [0.717, 1.165) is 5.56 Å². The minimum Gasteiger partial charge on any atom is -0.355 e. The molecule has 110 valence electrons. The molecule has 1 aromatic heterocycles. The third-order valence-corrected chi connectivity index (χ3v) is 4.49.